The van der Waals surface area contributed by atoms with E-state index in [-0.39, 0.29) is 5.56 Å². The Morgan fingerprint density at radius 3 is 2.75 bits per heavy atom. The molecule has 5 heteroatoms. The van der Waals surface area contributed by atoms with Crippen molar-refractivity contribution in [3.8, 4) is 5.75 Å². The lowest BCUT2D eigenvalue weighted by molar-refractivity contribution is -0.158. The summed E-state index contributed by atoms with van der Waals surface area (Å²) in [7, 11) is 0. The van der Waals surface area contributed by atoms with Gasteiger partial charge in [-0.1, -0.05) is 12.1 Å². The zero-order valence-corrected chi connectivity index (χ0v) is 8.42. The van der Waals surface area contributed by atoms with Gasteiger partial charge < -0.3 is 9.84 Å². The van der Waals surface area contributed by atoms with Gasteiger partial charge in [0.1, 0.15) is 11.7 Å². The van der Waals surface area contributed by atoms with E-state index in [0.29, 0.717) is 18.8 Å². The van der Waals surface area contributed by atoms with Crippen LogP contribution in [0.3, 0.4) is 0 Å². The summed E-state index contributed by atoms with van der Waals surface area (Å²) in [6, 6.07) is 4.36. The molecule has 2 nitrogen and oxygen atoms in total. The number of hydrogen-bond donors (Lipinski definition) is 1. The third kappa shape index (κ3) is 2.00. The summed E-state index contributed by atoms with van der Waals surface area (Å²) in [5, 5.41) is 8.81. The van der Waals surface area contributed by atoms with Crippen LogP contribution in [-0.2, 0) is 6.42 Å². The molecule has 1 aromatic rings. The quantitative estimate of drug-likeness (QED) is 0.847. The fourth-order valence-electron chi connectivity index (χ4n) is 1.82. The number of fused-ring (bicyclic) bond motifs is 1. The number of halogens is 3. The predicted octanol–water partition coefficient (Wildman–Crippen LogP) is 2.26. The molecule has 1 unspecified atom stereocenters. The monoisotopic (exact) mass is 232 g/mol. The second-order valence-corrected chi connectivity index (χ2v) is 3.74. The van der Waals surface area contributed by atoms with Crippen LogP contribution in [0.5, 0.6) is 5.75 Å². The Kier molecular flexibility index (Phi) is 2.80. The molecule has 0 fully saturated rings. The highest BCUT2D eigenvalue weighted by atomic mass is 19.4. The van der Waals surface area contributed by atoms with E-state index < -0.39 is 18.7 Å². The maximum absolute atomic E-state index is 12.6. The fraction of sp³-hybridized carbons (Fsp3) is 0.455. The van der Waals surface area contributed by atoms with Gasteiger partial charge in [-0.3, -0.25) is 0 Å². The van der Waals surface area contributed by atoms with Crippen LogP contribution < -0.4 is 4.74 Å². The normalized spacial score (nSPS) is 16.8. The minimum atomic E-state index is -4.41. The first kappa shape index (κ1) is 11.3. The van der Waals surface area contributed by atoms with Crippen LogP contribution in [-0.4, -0.2) is 24.5 Å². The van der Waals surface area contributed by atoms with Crippen LogP contribution in [0.4, 0.5) is 13.2 Å². The summed E-state index contributed by atoms with van der Waals surface area (Å²) in [5.74, 6) is -1.17. The zero-order chi connectivity index (χ0) is 11.8. The zero-order valence-electron chi connectivity index (χ0n) is 8.42. The molecule has 1 heterocycles. The van der Waals surface area contributed by atoms with E-state index in [0.717, 1.165) is 5.56 Å². The smallest absolute Gasteiger partial charge is 0.397 e. The maximum Gasteiger partial charge on any atom is 0.397 e. The average molecular weight is 232 g/mol. The van der Waals surface area contributed by atoms with Crippen molar-refractivity contribution in [1.82, 2.24) is 0 Å². The summed E-state index contributed by atoms with van der Waals surface area (Å²) in [6.45, 7) is -0.419. The first-order chi connectivity index (χ1) is 7.52. The van der Waals surface area contributed by atoms with Gasteiger partial charge in [-0.2, -0.15) is 13.2 Å². The van der Waals surface area contributed by atoms with E-state index in [1.807, 2.05) is 0 Å². The summed E-state index contributed by atoms with van der Waals surface area (Å²) < 4.78 is 42.9. The molecule has 0 amide bonds. The van der Waals surface area contributed by atoms with Crippen LogP contribution in [0.2, 0.25) is 0 Å². The molecular formula is C11H11F3O2. The number of benzene rings is 1. The average Bonchev–Trinajstić information content (AvgIpc) is 2.63. The predicted molar refractivity (Wildman–Crippen MR) is 51.5 cm³/mol. The number of rotatable bonds is 2. The molecule has 0 aromatic heterocycles. The minimum Gasteiger partial charge on any atom is -0.493 e. The number of hydrogen-bond acceptors (Lipinski definition) is 2. The van der Waals surface area contributed by atoms with Gasteiger partial charge in [0, 0.05) is 6.42 Å². The standard InChI is InChI=1S/C11H11F3O2/c12-11(13,14)9(6-15)7-1-2-10-8(5-7)3-4-16-10/h1-2,5,9,15H,3-4,6H2. The molecule has 0 radical (unpaired) electrons. The third-order valence-electron chi connectivity index (χ3n) is 2.69. The highest BCUT2D eigenvalue weighted by Crippen LogP contribution is 2.37. The number of ether oxygens (including phenoxy) is 1. The Balaban J connectivity index is 2.33. The SMILES string of the molecule is OCC(c1ccc2c(c1)CCO2)C(F)(F)F. The van der Waals surface area contributed by atoms with Crippen molar-refractivity contribution in [3.05, 3.63) is 29.3 Å². The van der Waals surface area contributed by atoms with E-state index >= 15 is 0 Å². The molecule has 2 rings (SSSR count). The highest BCUT2D eigenvalue weighted by molar-refractivity contribution is 5.41. The van der Waals surface area contributed by atoms with Crippen LogP contribution in [0.1, 0.15) is 17.0 Å². The first-order valence-electron chi connectivity index (χ1n) is 4.95. The molecule has 0 aliphatic carbocycles. The number of aliphatic hydroxyl groups excluding tert-OH is 1. The van der Waals surface area contributed by atoms with Crippen LogP contribution >= 0.6 is 0 Å². The Morgan fingerprint density at radius 1 is 1.38 bits per heavy atom. The maximum atomic E-state index is 12.6. The van der Waals surface area contributed by atoms with Gasteiger partial charge in [0.05, 0.1) is 13.2 Å². The van der Waals surface area contributed by atoms with Gasteiger partial charge >= 0.3 is 6.18 Å². The van der Waals surface area contributed by atoms with Gasteiger partial charge in [-0.15, -0.1) is 0 Å². The van der Waals surface area contributed by atoms with Crippen molar-refractivity contribution < 1.29 is 23.0 Å². The summed E-state index contributed by atoms with van der Waals surface area (Å²) in [5.41, 5.74) is 0.874. The molecule has 0 spiro atoms. The van der Waals surface area contributed by atoms with Crippen molar-refractivity contribution in [2.75, 3.05) is 13.2 Å². The van der Waals surface area contributed by atoms with E-state index in [1.54, 1.807) is 0 Å². The molecular weight excluding hydrogens is 221 g/mol. The molecule has 1 aliphatic heterocycles. The van der Waals surface area contributed by atoms with Gasteiger partial charge in [-0.25, -0.2) is 0 Å². The summed E-state index contributed by atoms with van der Waals surface area (Å²) >= 11 is 0. The van der Waals surface area contributed by atoms with Gasteiger partial charge in [-0.05, 0) is 17.2 Å². The van der Waals surface area contributed by atoms with Gasteiger partial charge in [0.2, 0.25) is 0 Å². The molecule has 0 saturated carbocycles. The second-order valence-electron chi connectivity index (χ2n) is 3.74. The van der Waals surface area contributed by atoms with Gasteiger partial charge in [0.15, 0.2) is 0 Å². The highest BCUT2D eigenvalue weighted by Gasteiger charge is 2.40. The largest absolute Gasteiger partial charge is 0.493 e. The van der Waals surface area contributed by atoms with E-state index in [9.17, 15) is 13.2 Å². The Labute approximate surface area is 90.7 Å². The number of aliphatic hydroxyl groups is 1. The first-order valence-corrected chi connectivity index (χ1v) is 4.95. The molecule has 0 saturated heterocycles. The fourth-order valence-corrected chi connectivity index (χ4v) is 1.82. The lowest BCUT2D eigenvalue weighted by Gasteiger charge is -2.18. The van der Waals surface area contributed by atoms with E-state index in [2.05, 4.69) is 0 Å². The number of alkyl halides is 3. The molecule has 1 N–H and O–H groups in total. The summed E-state index contributed by atoms with van der Waals surface area (Å²) in [6.07, 6.45) is -3.79. The van der Waals surface area contributed by atoms with Crippen molar-refractivity contribution in [1.29, 1.82) is 0 Å². The lowest BCUT2D eigenvalue weighted by Crippen LogP contribution is -2.24. The van der Waals surface area contributed by atoms with Crippen molar-refractivity contribution in [3.63, 3.8) is 0 Å². The summed E-state index contributed by atoms with van der Waals surface area (Å²) in [4.78, 5) is 0. The van der Waals surface area contributed by atoms with Crippen LogP contribution in [0.15, 0.2) is 18.2 Å². The Hall–Kier alpha value is -1.23. The molecule has 16 heavy (non-hydrogen) atoms. The third-order valence-corrected chi connectivity index (χ3v) is 2.69. The Morgan fingerprint density at radius 2 is 2.12 bits per heavy atom. The minimum absolute atomic E-state index is 0.0965. The van der Waals surface area contributed by atoms with E-state index in [1.165, 1.54) is 18.2 Å². The van der Waals surface area contributed by atoms with Crippen LogP contribution in [0.25, 0.3) is 0 Å². The Bertz CT molecular complexity index is 387. The van der Waals surface area contributed by atoms with Gasteiger partial charge in [0.25, 0.3) is 0 Å². The molecule has 0 bridgehead atoms. The molecule has 1 aliphatic rings. The van der Waals surface area contributed by atoms with E-state index in [4.69, 9.17) is 9.84 Å². The van der Waals surface area contributed by atoms with Crippen molar-refractivity contribution in [2.24, 2.45) is 0 Å². The topological polar surface area (TPSA) is 29.5 Å². The molecule has 1 atom stereocenters. The molecule has 88 valence electrons. The van der Waals surface area contributed by atoms with Crippen LogP contribution in [0, 0.1) is 0 Å². The van der Waals surface area contributed by atoms with Crippen molar-refractivity contribution >= 4 is 0 Å². The molecule has 1 aromatic carbocycles. The van der Waals surface area contributed by atoms with Crippen molar-refractivity contribution in [2.45, 2.75) is 18.5 Å². The second kappa shape index (κ2) is 3.97. The lowest BCUT2D eigenvalue weighted by atomic mass is 9.97.